The Balaban J connectivity index is 2.68. The van der Waals surface area contributed by atoms with E-state index in [2.05, 4.69) is 4.98 Å². The number of benzene rings is 1. The van der Waals surface area contributed by atoms with Gasteiger partial charge in [-0.25, -0.2) is 4.39 Å². The maximum Gasteiger partial charge on any atom is 0.133 e. The van der Waals surface area contributed by atoms with E-state index in [1.165, 1.54) is 6.07 Å². The topological polar surface area (TPSA) is 38.9 Å². The van der Waals surface area contributed by atoms with Crippen molar-refractivity contribution in [2.75, 3.05) is 5.73 Å². The summed E-state index contributed by atoms with van der Waals surface area (Å²) in [5, 5.41) is 0. The molecule has 0 spiro atoms. The SMILES string of the molecule is Cc1cncc(C)c1-c1ccc(N)cc1F. The van der Waals surface area contributed by atoms with Crippen molar-refractivity contribution in [3.05, 3.63) is 47.5 Å². The van der Waals surface area contributed by atoms with Crippen molar-refractivity contribution in [2.24, 2.45) is 0 Å². The second-order valence-corrected chi connectivity index (χ2v) is 3.89. The molecule has 0 amide bonds. The van der Waals surface area contributed by atoms with E-state index in [4.69, 9.17) is 5.73 Å². The van der Waals surface area contributed by atoms with Crippen molar-refractivity contribution >= 4 is 5.69 Å². The third-order valence-corrected chi connectivity index (χ3v) is 2.59. The van der Waals surface area contributed by atoms with Gasteiger partial charge in [-0.1, -0.05) is 0 Å². The van der Waals surface area contributed by atoms with Gasteiger partial charge in [-0.2, -0.15) is 0 Å². The predicted molar refractivity (Wildman–Crippen MR) is 63.5 cm³/mol. The van der Waals surface area contributed by atoms with E-state index < -0.39 is 0 Å². The van der Waals surface area contributed by atoms with Crippen molar-refractivity contribution in [1.82, 2.24) is 4.98 Å². The quantitative estimate of drug-likeness (QED) is 0.744. The third kappa shape index (κ3) is 1.76. The number of rotatable bonds is 1. The van der Waals surface area contributed by atoms with Gasteiger partial charge in [-0.15, -0.1) is 0 Å². The molecule has 0 aliphatic rings. The fourth-order valence-corrected chi connectivity index (χ4v) is 1.86. The number of nitrogens with zero attached hydrogens (tertiary/aromatic N) is 1. The lowest BCUT2D eigenvalue weighted by molar-refractivity contribution is 0.631. The number of anilines is 1. The summed E-state index contributed by atoms with van der Waals surface area (Å²) in [6.45, 7) is 3.84. The fraction of sp³-hybridized carbons (Fsp3) is 0.154. The van der Waals surface area contributed by atoms with Gasteiger partial charge >= 0.3 is 0 Å². The molecule has 0 unspecified atom stereocenters. The predicted octanol–water partition coefficient (Wildman–Crippen LogP) is 3.09. The lowest BCUT2D eigenvalue weighted by Gasteiger charge is -2.10. The Morgan fingerprint density at radius 2 is 1.75 bits per heavy atom. The number of hydrogen-bond acceptors (Lipinski definition) is 2. The molecule has 2 N–H and O–H groups in total. The molecule has 0 atom stereocenters. The number of aryl methyl sites for hydroxylation is 2. The Bertz CT molecular complexity index is 515. The first kappa shape index (κ1) is 10.6. The highest BCUT2D eigenvalue weighted by Gasteiger charge is 2.10. The molecule has 1 aromatic carbocycles. The average molecular weight is 216 g/mol. The number of aromatic nitrogens is 1. The summed E-state index contributed by atoms with van der Waals surface area (Å²) in [6, 6.07) is 4.76. The Labute approximate surface area is 93.9 Å². The minimum Gasteiger partial charge on any atom is -0.399 e. The molecule has 0 saturated carbocycles. The highest BCUT2D eigenvalue weighted by Crippen LogP contribution is 2.29. The normalized spacial score (nSPS) is 10.4. The van der Waals surface area contributed by atoms with Gasteiger partial charge < -0.3 is 5.73 Å². The van der Waals surface area contributed by atoms with E-state index in [1.807, 2.05) is 13.8 Å². The first-order chi connectivity index (χ1) is 7.59. The zero-order valence-electron chi connectivity index (χ0n) is 9.29. The molecule has 0 aliphatic heterocycles. The van der Waals surface area contributed by atoms with Gasteiger partial charge in [0.25, 0.3) is 0 Å². The second kappa shape index (κ2) is 3.93. The van der Waals surface area contributed by atoms with Crippen LogP contribution in [-0.2, 0) is 0 Å². The first-order valence-corrected chi connectivity index (χ1v) is 5.06. The van der Waals surface area contributed by atoms with Crippen LogP contribution in [0.2, 0.25) is 0 Å². The molecule has 0 aliphatic carbocycles. The molecule has 16 heavy (non-hydrogen) atoms. The molecular formula is C13H13FN2. The molecular weight excluding hydrogens is 203 g/mol. The summed E-state index contributed by atoms with van der Waals surface area (Å²) in [5.74, 6) is -0.294. The summed E-state index contributed by atoms with van der Waals surface area (Å²) in [6.07, 6.45) is 3.47. The van der Waals surface area contributed by atoms with Crippen LogP contribution in [0.1, 0.15) is 11.1 Å². The van der Waals surface area contributed by atoms with E-state index in [1.54, 1.807) is 24.5 Å². The minimum absolute atomic E-state index is 0.294. The maximum absolute atomic E-state index is 13.8. The van der Waals surface area contributed by atoms with Crippen LogP contribution in [0, 0.1) is 19.7 Å². The van der Waals surface area contributed by atoms with Gasteiger partial charge in [0.05, 0.1) is 0 Å². The van der Waals surface area contributed by atoms with Crippen molar-refractivity contribution in [2.45, 2.75) is 13.8 Å². The van der Waals surface area contributed by atoms with Crippen LogP contribution in [0.4, 0.5) is 10.1 Å². The molecule has 0 radical (unpaired) electrons. The van der Waals surface area contributed by atoms with Gasteiger partial charge in [-0.3, -0.25) is 4.98 Å². The van der Waals surface area contributed by atoms with E-state index >= 15 is 0 Å². The van der Waals surface area contributed by atoms with Crippen molar-refractivity contribution < 1.29 is 4.39 Å². The zero-order valence-corrected chi connectivity index (χ0v) is 9.29. The first-order valence-electron chi connectivity index (χ1n) is 5.06. The molecule has 3 heteroatoms. The van der Waals surface area contributed by atoms with Crippen LogP contribution < -0.4 is 5.73 Å². The van der Waals surface area contributed by atoms with E-state index in [0.29, 0.717) is 11.3 Å². The largest absolute Gasteiger partial charge is 0.399 e. The lowest BCUT2D eigenvalue weighted by Crippen LogP contribution is -1.94. The molecule has 2 rings (SSSR count). The third-order valence-electron chi connectivity index (χ3n) is 2.59. The Hall–Kier alpha value is -1.90. The molecule has 0 bridgehead atoms. The van der Waals surface area contributed by atoms with Crippen LogP contribution in [0.15, 0.2) is 30.6 Å². The summed E-state index contributed by atoms with van der Waals surface area (Å²) in [7, 11) is 0. The van der Waals surface area contributed by atoms with Crippen molar-refractivity contribution in [1.29, 1.82) is 0 Å². The zero-order chi connectivity index (χ0) is 11.7. The smallest absolute Gasteiger partial charge is 0.133 e. The molecule has 0 fully saturated rings. The number of pyridine rings is 1. The molecule has 2 nitrogen and oxygen atoms in total. The number of nitrogen functional groups attached to an aromatic ring is 1. The number of hydrogen-bond donors (Lipinski definition) is 1. The van der Waals surface area contributed by atoms with Gasteiger partial charge in [0.1, 0.15) is 5.82 Å². The van der Waals surface area contributed by atoms with E-state index in [0.717, 1.165) is 16.7 Å². The monoisotopic (exact) mass is 216 g/mol. The van der Waals surface area contributed by atoms with E-state index in [-0.39, 0.29) is 5.82 Å². The summed E-state index contributed by atoms with van der Waals surface area (Å²) in [5.41, 5.74) is 9.36. The standard InChI is InChI=1S/C13H13FN2/c1-8-6-16-7-9(2)13(8)11-4-3-10(15)5-12(11)14/h3-7H,15H2,1-2H3. The lowest BCUT2D eigenvalue weighted by atomic mass is 9.97. The Morgan fingerprint density at radius 3 is 2.31 bits per heavy atom. The average Bonchev–Trinajstić information content (AvgIpc) is 2.20. The summed E-state index contributed by atoms with van der Waals surface area (Å²) >= 11 is 0. The van der Waals surface area contributed by atoms with Gasteiger partial charge in [0, 0.05) is 23.6 Å². The number of halogens is 1. The second-order valence-electron chi connectivity index (χ2n) is 3.89. The maximum atomic E-state index is 13.8. The molecule has 1 aromatic heterocycles. The van der Waals surface area contributed by atoms with Gasteiger partial charge in [0.15, 0.2) is 0 Å². The van der Waals surface area contributed by atoms with Crippen LogP contribution in [-0.4, -0.2) is 4.98 Å². The van der Waals surface area contributed by atoms with Crippen LogP contribution >= 0.6 is 0 Å². The molecule has 82 valence electrons. The van der Waals surface area contributed by atoms with Gasteiger partial charge in [0.2, 0.25) is 0 Å². The van der Waals surface area contributed by atoms with Crippen molar-refractivity contribution in [3.8, 4) is 11.1 Å². The van der Waals surface area contributed by atoms with Crippen LogP contribution in [0.5, 0.6) is 0 Å². The highest BCUT2D eigenvalue weighted by atomic mass is 19.1. The molecule has 0 saturated heterocycles. The molecule has 1 heterocycles. The van der Waals surface area contributed by atoms with E-state index in [9.17, 15) is 4.39 Å². The summed E-state index contributed by atoms with van der Waals surface area (Å²) in [4.78, 5) is 4.07. The highest BCUT2D eigenvalue weighted by molar-refractivity contribution is 5.71. The fourth-order valence-electron chi connectivity index (χ4n) is 1.86. The molecule has 2 aromatic rings. The van der Waals surface area contributed by atoms with Crippen molar-refractivity contribution in [3.63, 3.8) is 0 Å². The Kier molecular flexibility index (Phi) is 2.60. The Morgan fingerprint density at radius 1 is 1.12 bits per heavy atom. The number of nitrogens with two attached hydrogens (primary N) is 1. The van der Waals surface area contributed by atoms with Crippen LogP contribution in [0.3, 0.4) is 0 Å². The summed E-state index contributed by atoms with van der Waals surface area (Å²) < 4.78 is 13.8. The minimum atomic E-state index is -0.294. The van der Waals surface area contributed by atoms with Gasteiger partial charge in [-0.05, 0) is 48.7 Å². The van der Waals surface area contributed by atoms with Crippen LogP contribution in [0.25, 0.3) is 11.1 Å².